The zero-order valence-electron chi connectivity index (χ0n) is 15.7. The first kappa shape index (κ1) is 17.5. The Balaban J connectivity index is 1.62. The summed E-state index contributed by atoms with van der Waals surface area (Å²) in [7, 11) is 5.48. The summed E-state index contributed by atoms with van der Waals surface area (Å²) in [5, 5.41) is 4.84. The molecule has 2 aliphatic rings. The van der Waals surface area contributed by atoms with Crippen LogP contribution in [-0.2, 0) is 13.7 Å². The fourth-order valence-electron chi connectivity index (χ4n) is 4.09. The van der Waals surface area contributed by atoms with Crippen molar-refractivity contribution in [3.8, 4) is 11.5 Å². The standard InChI is InChI=1S/C19H26N4O2S/c1-21-18(13-6-7-13)20-23(19(21)26)12-22-10-4-5-16(22)15-11-14(24-2)8-9-17(15)25-3/h8-9,11,13,16H,4-7,10,12H2,1-3H3/p+1/t16-/m0/s1. The Kier molecular flexibility index (Phi) is 4.75. The first-order chi connectivity index (χ1) is 12.6. The summed E-state index contributed by atoms with van der Waals surface area (Å²) in [6.45, 7) is 1.91. The molecule has 0 spiro atoms. The highest BCUT2D eigenvalue weighted by atomic mass is 32.1. The predicted molar refractivity (Wildman–Crippen MR) is 101 cm³/mol. The van der Waals surface area contributed by atoms with Gasteiger partial charge in [-0.3, -0.25) is 0 Å². The van der Waals surface area contributed by atoms with Crippen LogP contribution < -0.4 is 14.4 Å². The van der Waals surface area contributed by atoms with Gasteiger partial charge in [0.1, 0.15) is 23.4 Å². The van der Waals surface area contributed by atoms with Gasteiger partial charge in [0.05, 0.1) is 26.3 Å². The first-order valence-corrected chi connectivity index (χ1v) is 9.73. The number of ether oxygens (including phenoxy) is 2. The SMILES string of the molecule is COc1ccc(OC)c([C@@H]2CCC[NH+]2Cn2nc(C3CC3)n(C)c2=S)c1. The van der Waals surface area contributed by atoms with Crippen molar-refractivity contribution < 1.29 is 14.4 Å². The molecule has 0 amide bonds. The van der Waals surface area contributed by atoms with Crippen LogP contribution in [0, 0.1) is 4.77 Å². The van der Waals surface area contributed by atoms with E-state index in [-0.39, 0.29) is 0 Å². The Morgan fingerprint density at radius 2 is 2.04 bits per heavy atom. The van der Waals surface area contributed by atoms with E-state index < -0.39 is 0 Å². The molecule has 2 heterocycles. The number of hydrogen-bond acceptors (Lipinski definition) is 4. The lowest BCUT2D eigenvalue weighted by Crippen LogP contribution is -3.09. The molecule has 26 heavy (non-hydrogen) atoms. The van der Waals surface area contributed by atoms with Crippen LogP contribution in [0.4, 0.5) is 0 Å². The highest BCUT2D eigenvalue weighted by Crippen LogP contribution is 2.38. The lowest BCUT2D eigenvalue weighted by atomic mass is 10.0. The van der Waals surface area contributed by atoms with Crippen LogP contribution in [0.2, 0.25) is 0 Å². The van der Waals surface area contributed by atoms with E-state index in [4.69, 9.17) is 26.8 Å². The summed E-state index contributed by atoms with van der Waals surface area (Å²) in [4.78, 5) is 1.48. The highest BCUT2D eigenvalue weighted by molar-refractivity contribution is 7.71. The lowest BCUT2D eigenvalue weighted by Gasteiger charge is -2.23. The summed E-state index contributed by atoms with van der Waals surface area (Å²) in [6.07, 6.45) is 4.80. The van der Waals surface area contributed by atoms with Crippen molar-refractivity contribution in [1.82, 2.24) is 14.3 Å². The molecular formula is C19H27N4O2S+. The molecule has 140 valence electrons. The third-order valence-electron chi connectivity index (χ3n) is 5.67. The second-order valence-electron chi connectivity index (χ2n) is 7.34. The quantitative estimate of drug-likeness (QED) is 0.787. The highest BCUT2D eigenvalue weighted by Gasteiger charge is 2.34. The van der Waals surface area contributed by atoms with Gasteiger partial charge in [-0.25, -0.2) is 0 Å². The number of benzene rings is 1. The van der Waals surface area contributed by atoms with Crippen molar-refractivity contribution >= 4 is 12.2 Å². The van der Waals surface area contributed by atoms with Gasteiger partial charge in [0.2, 0.25) is 4.77 Å². The van der Waals surface area contributed by atoms with Gasteiger partial charge < -0.3 is 18.9 Å². The zero-order chi connectivity index (χ0) is 18.3. The summed E-state index contributed by atoms with van der Waals surface area (Å²) >= 11 is 5.64. The number of likely N-dealkylation sites (tertiary alicyclic amines) is 1. The van der Waals surface area contributed by atoms with E-state index in [1.165, 1.54) is 29.7 Å². The molecule has 1 aliphatic heterocycles. The van der Waals surface area contributed by atoms with Crippen LogP contribution in [0.3, 0.4) is 0 Å². The normalized spacial score (nSPS) is 22.6. The van der Waals surface area contributed by atoms with Crippen LogP contribution in [0.25, 0.3) is 0 Å². The summed E-state index contributed by atoms with van der Waals surface area (Å²) in [6, 6.07) is 6.44. The second-order valence-corrected chi connectivity index (χ2v) is 7.71. The van der Waals surface area contributed by atoms with E-state index >= 15 is 0 Å². The molecule has 0 bridgehead atoms. The van der Waals surface area contributed by atoms with Crippen molar-refractivity contribution in [1.29, 1.82) is 0 Å². The molecule has 4 rings (SSSR count). The molecule has 0 radical (unpaired) electrons. The van der Waals surface area contributed by atoms with Gasteiger partial charge in [-0.15, -0.1) is 0 Å². The fraction of sp³-hybridized carbons (Fsp3) is 0.579. The van der Waals surface area contributed by atoms with Gasteiger partial charge in [-0.1, -0.05) is 0 Å². The molecule has 2 aromatic rings. The maximum atomic E-state index is 5.64. The molecule has 1 unspecified atom stereocenters. The van der Waals surface area contributed by atoms with Gasteiger partial charge in [-0.2, -0.15) is 9.78 Å². The lowest BCUT2D eigenvalue weighted by molar-refractivity contribution is -0.941. The number of hydrogen-bond donors (Lipinski definition) is 1. The van der Waals surface area contributed by atoms with Gasteiger partial charge in [-0.05, 0) is 43.3 Å². The molecule has 1 aromatic carbocycles. The summed E-state index contributed by atoms with van der Waals surface area (Å²) in [5.74, 6) is 3.55. The zero-order valence-corrected chi connectivity index (χ0v) is 16.5. The molecule has 2 fully saturated rings. The van der Waals surface area contributed by atoms with Crippen molar-refractivity contribution in [3.05, 3.63) is 34.4 Å². The minimum atomic E-state index is 0.369. The van der Waals surface area contributed by atoms with E-state index in [9.17, 15) is 0 Å². The minimum Gasteiger partial charge on any atom is -0.497 e. The maximum absolute atomic E-state index is 5.64. The number of quaternary nitrogens is 1. The smallest absolute Gasteiger partial charge is 0.202 e. The Hall–Kier alpha value is -1.86. The van der Waals surface area contributed by atoms with Crippen molar-refractivity contribution in [3.63, 3.8) is 0 Å². The Labute approximate surface area is 159 Å². The Bertz CT molecular complexity index is 856. The third-order valence-corrected chi connectivity index (χ3v) is 6.15. The minimum absolute atomic E-state index is 0.369. The molecule has 7 heteroatoms. The molecule has 1 aromatic heterocycles. The molecule has 2 atom stereocenters. The van der Waals surface area contributed by atoms with Crippen LogP contribution in [0.15, 0.2) is 18.2 Å². The van der Waals surface area contributed by atoms with Crippen molar-refractivity contribution in [2.24, 2.45) is 7.05 Å². The number of aromatic nitrogens is 3. The summed E-state index contributed by atoms with van der Waals surface area (Å²) in [5.41, 5.74) is 1.21. The Morgan fingerprint density at radius 1 is 1.23 bits per heavy atom. The summed E-state index contributed by atoms with van der Waals surface area (Å²) < 4.78 is 16.0. The maximum Gasteiger partial charge on any atom is 0.202 e. The molecule has 1 aliphatic carbocycles. The first-order valence-electron chi connectivity index (χ1n) is 9.32. The van der Waals surface area contributed by atoms with Crippen molar-refractivity contribution in [2.45, 2.75) is 44.3 Å². The average Bonchev–Trinajstić information content (AvgIpc) is 3.34. The predicted octanol–water partition coefficient (Wildman–Crippen LogP) is 2.22. The van der Waals surface area contributed by atoms with Gasteiger partial charge in [0, 0.05) is 25.8 Å². The molecule has 1 saturated heterocycles. The van der Waals surface area contributed by atoms with E-state index in [1.807, 2.05) is 23.9 Å². The molecule has 1 saturated carbocycles. The van der Waals surface area contributed by atoms with Crippen LogP contribution >= 0.6 is 12.2 Å². The van der Waals surface area contributed by atoms with E-state index in [2.05, 4.69) is 10.6 Å². The van der Waals surface area contributed by atoms with Gasteiger partial charge in [0.25, 0.3) is 0 Å². The molecule has 6 nitrogen and oxygen atoms in total. The van der Waals surface area contributed by atoms with Crippen LogP contribution in [0.5, 0.6) is 11.5 Å². The van der Waals surface area contributed by atoms with Gasteiger partial charge >= 0.3 is 0 Å². The number of nitrogens with one attached hydrogen (secondary N) is 1. The molecule has 1 N–H and O–H groups in total. The topological polar surface area (TPSA) is 45.6 Å². The van der Waals surface area contributed by atoms with Crippen LogP contribution in [-0.4, -0.2) is 35.1 Å². The molecular weight excluding hydrogens is 348 g/mol. The van der Waals surface area contributed by atoms with Gasteiger partial charge in [0.15, 0.2) is 6.67 Å². The van der Waals surface area contributed by atoms with E-state index in [0.29, 0.717) is 12.0 Å². The number of nitrogens with zero attached hydrogens (tertiary/aromatic N) is 3. The number of rotatable bonds is 6. The number of methoxy groups -OCH3 is 2. The third kappa shape index (κ3) is 3.14. The second kappa shape index (κ2) is 7.04. The van der Waals surface area contributed by atoms with Crippen LogP contribution in [0.1, 0.15) is 49.0 Å². The van der Waals surface area contributed by atoms with E-state index in [0.717, 1.165) is 41.7 Å². The van der Waals surface area contributed by atoms with E-state index in [1.54, 1.807) is 14.2 Å². The average molecular weight is 376 g/mol. The Morgan fingerprint density at radius 3 is 2.73 bits per heavy atom. The monoisotopic (exact) mass is 375 g/mol. The van der Waals surface area contributed by atoms with Crippen molar-refractivity contribution in [2.75, 3.05) is 20.8 Å². The largest absolute Gasteiger partial charge is 0.497 e. The fourth-order valence-corrected chi connectivity index (χ4v) is 4.28.